The van der Waals surface area contributed by atoms with Crippen LogP contribution in [0.3, 0.4) is 0 Å². The molecule has 3 nitrogen and oxygen atoms in total. The van der Waals surface area contributed by atoms with E-state index in [0.29, 0.717) is 13.2 Å². The maximum absolute atomic E-state index is 10.5. The van der Waals surface area contributed by atoms with E-state index in [1.54, 1.807) is 6.66 Å². The third kappa shape index (κ3) is 2.33. The second kappa shape index (κ2) is 4.25. The molecule has 0 fully saturated rings. The number of rotatable bonds is 5. The second-order valence-corrected chi connectivity index (χ2v) is 7.96. The molecule has 82 valence electrons. The molecule has 0 bridgehead atoms. The monoisotopic (exact) mass is 236 g/mol. The molecule has 0 aliphatic rings. The summed E-state index contributed by atoms with van der Waals surface area (Å²) >= 11 is 1.47. The Labute approximate surface area is 88.8 Å². The molecule has 0 aromatic carbocycles. The molecule has 1 N–H and O–H groups in total. The molecule has 0 unspecified atom stereocenters. The Morgan fingerprint density at radius 3 is 2.29 bits per heavy atom. The van der Waals surface area contributed by atoms with E-state index in [1.165, 1.54) is 11.3 Å². The van der Waals surface area contributed by atoms with Gasteiger partial charge in [-0.1, -0.05) is 0 Å². The van der Waals surface area contributed by atoms with Gasteiger partial charge in [0.2, 0.25) is 0 Å². The second-order valence-electron chi connectivity index (χ2n) is 3.10. The Bertz CT molecular complexity index is 274. The van der Waals surface area contributed by atoms with Crippen LogP contribution in [-0.4, -0.2) is 24.8 Å². The molecule has 0 aliphatic carbocycles. The van der Waals surface area contributed by atoms with Gasteiger partial charge in [-0.05, 0) is 0 Å². The van der Waals surface area contributed by atoms with Gasteiger partial charge in [-0.3, -0.25) is 0 Å². The van der Waals surface area contributed by atoms with Gasteiger partial charge in [-0.25, -0.2) is 0 Å². The van der Waals surface area contributed by atoms with Gasteiger partial charge < -0.3 is 0 Å². The van der Waals surface area contributed by atoms with E-state index in [0.717, 1.165) is 4.62 Å². The first-order valence-electron chi connectivity index (χ1n) is 4.62. The van der Waals surface area contributed by atoms with Gasteiger partial charge in [-0.2, -0.15) is 0 Å². The summed E-state index contributed by atoms with van der Waals surface area (Å²) in [6.07, 6.45) is 0. The molecule has 0 atom stereocenters. The van der Waals surface area contributed by atoms with Crippen LogP contribution in [0, 0.1) is 0 Å². The van der Waals surface area contributed by atoms with Crippen LogP contribution in [0.4, 0.5) is 0 Å². The molecule has 14 heavy (non-hydrogen) atoms. The fourth-order valence-corrected chi connectivity index (χ4v) is 5.21. The summed E-state index contributed by atoms with van der Waals surface area (Å²) in [4.78, 5) is 10.5. The van der Waals surface area contributed by atoms with Crippen molar-refractivity contribution < 1.29 is 13.9 Å². The summed E-state index contributed by atoms with van der Waals surface area (Å²) in [7, 11) is -3.53. The van der Waals surface area contributed by atoms with Crippen LogP contribution in [0.25, 0.3) is 0 Å². The number of thiophene rings is 1. The molecular formula is C9H17O3PS. The summed E-state index contributed by atoms with van der Waals surface area (Å²) in [5.41, 5.74) is 0. The van der Waals surface area contributed by atoms with Crippen LogP contribution < -0.4 is 4.62 Å². The average molecular weight is 236 g/mol. The van der Waals surface area contributed by atoms with Crippen LogP contribution in [0.15, 0.2) is 17.5 Å². The SMILES string of the molecule is CCOP(C)(O)(OCC)c1cccs1. The van der Waals surface area contributed by atoms with E-state index < -0.39 is 7.28 Å². The Kier molecular flexibility index (Phi) is 3.67. The zero-order valence-electron chi connectivity index (χ0n) is 8.77. The van der Waals surface area contributed by atoms with Gasteiger partial charge in [0.15, 0.2) is 0 Å². The van der Waals surface area contributed by atoms with Crippen molar-refractivity contribution in [2.24, 2.45) is 0 Å². The summed E-state index contributed by atoms with van der Waals surface area (Å²) in [6.45, 7) is 6.28. The molecule has 0 radical (unpaired) electrons. The molecule has 1 aromatic rings. The molecule has 5 heteroatoms. The van der Waals surface area contributed by atoms with E-state index in [2.05, 4.69) is 0 Å². The number of hydrogen-bond acceptors (Lipinski definition) is 4. The Balaban J connectivity index is 3.03. The van der Waals surface area contributed by atoms with Gasteiger partial charge in [0.25, 0.3) is 0 Å². The summed E-state index contributed by atoms with van der Waals surface area (Å²) in [5.74, 6) is 0. The van der Waals surface area contributed by atoms with Crippen LogP contribution in [0.2, 0.25) is 0 Å². The van der Waals surface area contributed by atoms with Crippen LogP contribution in [0.5, 0.6) is 0 Å². The molecule has 1 heterocycles. The van der Waals surface area contributed by atoms with Gasteiger partial charge in [0, 0.05) is 0 Å². The predicted octanol–water partition coefficient (Wildman–Crippen LogP) is 2.37. The third-order valence-corrected chi connectivity index (χ3v) is 6.98. The van der Waals surface area contributed by atoms with E-state index in [4.69, 9.17) is 9.05 Å². The minimum absolute atomic E-state index is 0.447. The van der Waals surface area contributed by atoms with Crippen LogP contribution in [0.1, 0.15) is 13.8 Å². The average Bonchev–Trinajstić information content (AvgIpc) is 2.56. The first kappa shape index (κ1) is 12.1. The Hall–Kier alpha value is 0.0100. The predicted molar refractivity (Wildman–Crippen MR) is 62.3 cm³/mol. The molecule has 1 rings (SSSR count). The van der Waals surface area contributed by atoms with E-state index in [9.17, 15) is 4.89 Å². The molecule has 0 aliphatic heterocycles. The van der Waals surface area contributed by atoms with Crippen molar-refractivity contribution in [2.45, 2.75) is 13.8 Å². The molecule has 0 saturated carbocycles. The van der Waals surface area contributed by atoms with Crippen LogP contribution >= 0.6 is 18.6 Å². The Morgan fingerprint density at radius 2 is 1.93 bits per heavy atom. The standard InChI is InChI=1S/C9H17O3PS/c1-4-11-13(3,10,12-5-2)9-7-6-8-14-9/h6-8,10H,4-5H2,1-3H3. The molecule has 1 aromatic heterocycles. The van der Waals surface area contributed by atoms with Crippen molar-refractivity contribution >= 4 is 23.2 Å². The molecular weight excluding hydrogens is 219 g/mol. The Morgan fingerprint density at radius 1 is 1.36 bits per heavy atom. The minimum atomic E-state index is -3.53. The van der Waals surface area contributed by atoms with E-state index in [1.807, 2.05) is 31.4 Å². The first-order valence-corrected chi connectivity index (χ1v) is 7.97. The molecule has 0 amide bonds. The zero-order chi connectivity index (χ0) is 10.7. The molecule has 0 saturated heterocycles. The van der Waals surface area contributed by atoms with Gasteiger partial charge in [0.05, 0.1) is 0 Å². The van der Waals surface area contributed by atoms with Gasteiger partial charge in [-0.15, -0.1) is 0 Å². The third-order valence-electron chi connectivity index (χ3n) is 1.87. The van der Waals surface area contributed by atoms with Crippen molar-refractivity contribution in [3.8, 4) is 0 Å². The summed E-state index contributed by atoms with van der Waals surface area (Å²) in [6, 6.07) is 3.74. The van der Waals surface area contributed by atoms with Crippen molar-refractivity contribution in [3.63, 3.8) is 0 Å². The quantitative estimate of drug-likeness (QED) is 0.798. The van der Waals surface area contributed by atoms with E-state index in [-0.39, 0.29) is 0 Å². The van der Waals surface area contributed by atoms with Crippen molar-refractivity contribution in [2.75, 3.05) is 19.9 Å². The van der Waals surface area contributed by atoms with Gasteiger partial charge >= 0.3 is 88.4 Å². The first-order chi connectivity index (χ1) is 6.52. The number of hydrogen-bond donors (Lipinski definition) is 1. The van der Waals surface area contributed by atoms with Crippen molar-refractivity contribution in [1.29, 1.82) is 0 Å². The zero-order valence-corrected chi connectivity index (χ0v) is 10.5. The van der Waals surface area contributed by atoms with Crippen molar-refractivity contribution in [1.82, 2.24) is 0 Å². The van der Waals surface area contributed by atoms with Gasteiger partial charge in [0.1, 0.15) is 0 Å². The molecule has 0 spiro atoms. The van der Waals surface area contributed by atoms with Crippen LogP contribution in [-0.2, 0) is 9.05 Å². The fourth-order valence-electron chi connectivity index (χ4n) is 1.33. The topological polar surface area (TPSA) is 38.7 Å². The maximum atomic E-state index is 10.5. The summed E-state index contributed by atoms with van der Waals surface area (Å²) in [5, 5.41) is 1.91. The summed E-state index contributed by atoms with van der Waals surface area (Å²) < 4.78 is 11.7. The fraction of sp³-hybridized carbons (Fsp3) is 0.556. The van der Waals surface area contributed by atoms with E-state index >= 15 is 0 Å². The normalized spacial score (nSPS) is 15.0. The van der Waals surface area contributed by atoms with Crippen molar-refractivity contribution in [3.05, 3.63) is 17.5 Å².